The third-order valence-corrected chi connectivity index (χ3v) is 4.83. The standard InChI is InChI=1S/C22H36N4O3.HI/c1-5-23-22(24-13-12-21(27)29-17(2)3)25-16-19(26-14-8-9-15-26)18-10-6-7-11-20(18)28-4;/h6-7,10-11,17,19H,5,8-9,12-16H2,1-4H3,(H2,23,24,25);1H. The molecular weight excluding hydrogens is 495 g/mol. The Kier molecular flexibility index (Phi) is 12.8. The van der Waals surface area contributed by atoms with Crippen molar-refractivity contribution < 1.29 is 14.3 Å². The number of esters is 1. The van der Waals surface area contributed by atoms with Crippen LogP contribution >= 0.6 is 24.0 Å². The minimum Gasteiger partial charge on any atom is -0.496 e. The summed E-state index contributed by atoms with van der Waals surface area (Å²) in [5.74, 6) is 1.41. The molecule has 2 N–H and O–H groups in total. The first-order valence-electron chi connectivity index (χ1n) is 10.6. The lowest BCUT2D eigenvalue weighted by atomic mass is 10.0. The lowest BCUT2D eigenvalue weighted by molar-refractivity contribution is -0.147. The molecule has 1 heterocycles. The van der Waals surface area contributed by atoms with Gasteiger partial charge in [0.25, 0.3) is 0 Å². The Hall–Kier alpha value is -1.55. The molecule has 1 aromatic carbocycles. The second-order valence-corrected chi connectivity index (χ2v) is 7.44. The molecule has 30 heavy (non-hydrogen) atoms. The van der Waals surface area contributed by atoms with Gasteiger partial charge in [0.15, 0.2) is 5.96 Å². The van der Waals surface area contributed by atoms with E-state index in [0.717, 1.165) is 30.9 Å². The maximum atomic E-state index is 11.7. The van der Waals surface area contributed by atoms with Gasteiger partial charge in [0.1, 0.15) is 5.75 Å². The van der Waals surface area contributed by atoms with Crippen LogP contribution < -0.4 is 15.4 Å². The first kappa shape index (κ1) is 26.5. The predicted octanol–water partition coefficient (Wildman–Crippen LogP) is 3.35. The van der Waals surface area contributed by atoms with E-state index in [-0.39, 0.29) is 42.1 Å². The van der Waals surface area contributed by atoms with Gasteiger partial charge in [-0.2, -0.15) is 0 Å². The van der Waals surface area contributed by atoms with Gasteiger partial charge in [-0.3, -0.25) is 14.7 Å². The number of guanidine groups is 1. The zero-order chi connectivity index (χ0) is 21.1. The fourth-order valence-electron chi connectivity index (χ4n) is 3.53. The molecule has 1 saturated heterocycles. The summed E-state index contributed by atoms with van der Waals surface area (Å²) < 4.78 is 10.8. The molecule has 0 amide bonds. The molecule has 8 heteroatoms. The number of carbonyl (C=O) groups is 1. The number of methoxy groups -OCH3 is 1. The highest BCUT2D eigenvalue weighted by molar-refractivity contribution is 14.0. The second kappa shape index (κ2) is 14.5. The number of benzene rings is 1. The Morgan fingerprint density at radius 1 is 1.20 bits per heavy atom. The van der Waals surface area contributed by atoms with Gasteiger partial charge in [-0.05, 0) is 52.8 Å². The number of aliphatic imine (C=N–C) groups is 1. The minimum atomic E-state index is -0.202. The Bertz CT molecular complexity index is 664. The first-order chi connectivity index (χ1) is 14.0. The van der Waals surface area contributed by atoms with Gasteiger partial charge in [0, 0.05) is 18.7 Å². The zero-order valence-corrected chi connectivity index (χ0v) is 21.0. The molecule has 0 radical (unpaired) electrons. The summed E-state index contributed by atoms with van der Waals surface area (Å²) in [4.78, 5) is 19.0. The van der Waals surface area contributed by atoms with Crippen molar-refractivity contribution >= 4 is 35.9 Å². The zero-order valence-electron chi connectivity index (χ0n) is 18.6. The third-order valence-electron chi connectivity index (χ3n) is 4.83. The molecule has 1 aromatic rings. The summed E-state index contributed by atoms with van der Waals surface area (Å²) in [5, 5.41) is 6.50. The summed E-state index contributed by atoms with van der Waals surface area (Å²) >= 11 is 0. The number of halogens is 1. The monoisotopic (exact) mass is 532 g/mol. The number of hydrogen-bond acceptors (Lipinski definition) is 5. The number of ether oxygens (including phenoxy) is 2. The third kappa shape index (κ3) is 8.67. The molecule has 0 spiro atoms. The van der Waals surface area contributed by atoms with Crippen molar-refractivity contribution in [3.8, 4) is 5.75 Å². The normalized spacial score (nSPS) is 15.4. The molecule has 2 rings (SSSR count). The van der Waals surface area contributed by atoms with Crippen LogP contribution in [-0.4, -0.2) is 62.8 Å². The summed E-state index contributed by atoms with van der Waals surface area (Å²) in [7, 11) is 1.71. The maximum absolute atomic E-state index is 11.7. The van der Waals surface area contributed by atoms with Crippen molar-refractivity contribution in [1.82, 2.24) is 15.5 Å². The smallest absolute Gasteiger partial charge is 0.307 e. The second-order valence-electron chi connectivity index (χ2n) is 7.44. The highest BCUT2D eigenvalue weighted by atomic mass is 127. The lowest BCUT2D eigenvalue weighted by Crippen LogP contribution is -2.39. The van der Waals surface area contributed by atoms with Crippen molar-refractivity contribution in [1.29, 1.82) is 0 Å². The molecule has 1 atom stereocenters. The van der Waals surface area contributed by atoms with Crippen LogP contribution in [-0.2, 0) is 9.53 Å². The Labute approximate surface area is 198 Å². The van der Waals surface area contributed by atoms with E-state index in [1.165, 1.54) is 12.8 Å². The highest BCUT2D eigenvalue weighted by Gasteiger charge is 2.25. The van der Waals surface area contributed by atoms with Crippen molar-refractivity contribution in [2.45, 2.75) is 52.2 Å². The van der Waals surface area contributed by atoms with Gasteiger partial charge in [-0.1, -0.05) is 18.2 Å². The summed E-state index contributed by atoms with van der Waals surface area (Å²) in [6, 6.07) is 8.34. The minimum absolute atomic E-state index is 0. The largest absolute Gasteiger partial charge is 0.496 e. The van der Waals surface area contributed by atoms with Crippen LogP contribution in [0.4, 0.5) is 0 Å². The highest BCUT2D eigenvalue weighted by Crippen LogP contribution is 2.31. The van der Waals surface area contributed by atoms with E-state index < -0.39 is 0 Å². The van der Waals surface area contributed by atoms with E-state index in [1.54, 1.807) is 7.11 Å². The number of hydrogen-bond donors (Lipinski definition) is 2. The van der Waals surface area contributed by atoms with Crippen LogP contribution in [0.5, 0.6) is 5.75 Å². The SMILES string of the molecule is CCNC(=NCC(c1ccccc1OC)N1CCCC1)NCCC(=O)OC(C)C.I. The lowest BCUT2D eigenvalue weighted by Gasteiger charge is -2.28. The molecule has 1 aliphatic rings. The number of para-hydroxylation sites is 1. The van der Waals surface area contributed by atoms with Gasteiger partial charge in [0.05, 0.1) is 32.2 Å². The van der Waals surface area contributed by atoms with Gasteiger partial charge < -0.3 is 20.1 Å². The molecule has 170 valence electrons. The van der Waals surface area contributed by atoms with Crippen molar-refractivity contribution in [3.63, 3.8) is 0 Å². The molecule has 1 unspecified atom stereocenters. The molecule has 1 aliphatic heterocycles. The van der Waals surface area contributed by atoms with E-state index in [1.807, 2.05) is 32.9 Å². The molecule has 0 saturated carbocycles. The van der Waals surface area contributed by atoms with Crippen LogP contribution in [0.25, 0.3) is 0 Å². The fraction of sp³-hybridized carbons (Fsp3) is 0.636. The number of nitrogens with one attached hydrogen (secondary N) is 2. The summed E-state index contributed by atoms with van der Waals surface area (Å²) in [6.07, 6.45) is 2.65. The summed E-state index contributed by atoms with van der Waals surface area (Å²) in [6.45, 7) is 9.74. The van der Waals surface area contributed by atoms with Crippen LogP contribution in [0, 0.1) is 0 Å². The van der Waals surface area contributed by atoms with Crippen LogP contribution in [0.15, 0.2) is 29.3 Å². The van der Waals surface area contributed by atoms with E-state index in [0.29, 0.717) is 25.5 Å². The van der Waals surface area contributed by atoms with Crippen molar-refractivity contribution in [3.05, 3.63) is 29.8 Å². The Morgan fingerprint density at radius 3 is 2.53 bits per heavy atom. The number of likely N-dealkylation sites (tertiary alicyclic amines) is 1. The predicted molar refractivity (Wildman–Crippen MR) is 132 cm³/mol. The molecule has 0 aromatic heterocycles. The van der Waals surface area contributed by atoms with E-state index >= 15 is 0 Å². The van der Waals surface area contributed by atoms with E-state index in [9.17, 15) is 4.79 Å². The quantitative estimate of drug-likeness (QED) is 0.209. The summed E-state index contributed by atoms with van der Waals surface area (Å²) in [5.41, 5.74) is 1.16. The Balaban J connectivity index is 0.00000450. The number of nitrogens with zero attached hydrogens (tertiary/aromatic N) is 2. The average molecular weight is 532 g/mol. The van der Waals surface area contributed by atoms with Crippen LogP contribution in [0.1, 0.15) is 51.6 Å². The number of carbonyl (C=O) groups excluding carboxylic acids is 1. The average Bonchev–Trinajstić information content (AvgIpc) is 3.22. The van der Waals surface area contributed by atoms with Crippen LogP contribution in [0.2, 0.25) is 0 Å². The Morgan fingerprint density at radius 2 is 1.90 bits per heavy atom. The van der Waals surface area contributed by atoms with Crippen LogP contribution in [0.3, 0.4) is 0 Å². The fourth-order valence-corrected chi connectivity index (χ4v) is 3.53. The van der Waals surface area contributed by atoms with E-state index in [4.69, 9.17) is 14.5 Å². The maximum Gasteiger partial charge on any atom is 0.307 e. The van der Waals surface area contributed by atoms with Crippen molar-refractivity contribution in [2.75, 3.05) is 39.8 Å². The van der Waals surface area contributed by atoms with E-state index in [2.05, 4.69) is 27.7 Å². The van der Waals surface area contributed by atoms with Crippen molar-refractivity contribution in [2.24, 2.45) is 4.99 Å². The molecular formula is C22H37IN4O3. The van der Waals surface area contributed by atoms with Gasteiger partial charge in [-0.15, -0.1) is 24.0 Å². The molecule has 7 nitrogen and oxygen atoms in total. The molecule has 1 fully saturated rings. The molecule has 0 aliphatic carbocycles. The first-order valence-corrected chi connectivity index (χ1v) is 10.6. The van der Waals surface area contributed by atoms with Gasteiger partial charge in [-0.25, -0.2) is 0 Å². The number of rotatable bonds is 10. The van der Waals surface area contributed by atoms with Gasteiger partial charge >= 0.3 is 5.97 Å². The van der Waals surface area contributed by atoms with Gasteiger partial charge in [0.2, 0.25) is 0 Å². The molecule has 0 bridgehead atoms. The topological polar surface area (TPSA) is 75.2 Å².